The Labute approximate surface area is 118 Å². The van der Waals surface area contributed by atoms with Gasteiger partial charge in [0.15, 0.2) is 17.1 Å². The van der Waals surface area contributed by atoms with Gasteiger partial charge in [-0.15, -0.1) is 0 Å². The van der Waals surface area contributed by atoms with Gasteiger partial charge in [-0.1, -0.05) is 18.2 Å². The van der Waals surface area contributed by atoms with E-state index in [9.17, 15) is 0 Å². The Morgan fingerprint density at radius 2 is 1.89 bits per heavy atom. The fourth-order valence-electron chi connectivity index (χ4n) is 1.72. The van der Waals surface area contributed by atoms with Gasteiger partial charge in [0, 0.05) is 0 Å². The predicted molar refractivity (Wildman–Crippen MR) is 75.1 cm³/mol. The molecule has 0 saturated heterocycles. The normalized spacial score (nSPS) is 10.8. The topological polar surface area (TPSA) is 48.2 Å². The maximum Gasteiger partial charge on any atom is 0.200 e. The smallest absolute Gasteiger partial charge is 0.200 e. The minimum absolute atomic E-state index is 0.526. The van der Waals surface area contributed by atoms with Crippen LogP contribution in [0.1, 0.15) is 5.89 Å². The molecule has 0 atom stereocenters. The van der Waals surface area contributed by atoms with Gasteiger partial charge in [-0.25, -0.2) is 4.98 Å². The fourth-order valence-corrected chi connectivity index (χ4v) is 2.02. The molecule has 0 spiro atoms. The number of aromatic nitrogens is 2. The molecule has 0 aliphatic heterocycles. The lowest BCUT2D eigenvalue weighted by Gasteiger charge is -2.03. The lowest BCUT2D eigenvalue weighted by atomic mass is 10.3. The summed E-state index contributed by atoms with van der Waals surface area (Å²) in [7, 11) is 0. The highest BCUT2D eigenvalue weighted by atomic mass is 79.9. The Balaban J connectivity index is 1.65. The summed E-state index contributed by atoms with van der Waals surface area (Å²) in [5, 5.41) is 0. The summed E-state index contributed by atoms with van der Waals surface area (Å²) in [6, 6.07) is 13.4. The van der Waals surface area contributed by atoms with Crippen LogP contribution in [0.2, 0.25) is 0 Å². The van der Waals surface area contributed by atoms with E-state index in [0.29, 0.717) is 30.1 Å². The van der Waals surface area contributed by atoms with Crippen molar-refractivity contribution in [3.05, 3.63) is 53.0 Å². The van der Waals surface area contributed by atoms with E-state index in [1.54, 1.807) is 0 Å². The van der Waals surface area contributed by atoms with Crippen LogP contribution in [0.4, 0.5) is 0 Å². The van der Waals surface area contributed by atoms with E-state index in [0.717, 1.165) is 10.4 Å². The number of oxazole rings is 1. The van der Waals surface area contributed by atoms with Crippen LogP contribution >= 0.6 is 15.9 Å². The number of nitrogens with zero attached hydrogens (tertiary/aromatic N) is 2. The average molecular weight is 319 g/mol. The van der Waals surface area contributed by atoms with E-state index in [-0.39, 0.29) is 0 Å². The number of ether oxygens (including phenoxy) is 1. The van der Waals surface area contributed by atoms with Crippen LogP contribution in [0.25, 0.3) is 11.2 Å². The summed E-state index contributed by atoms with van der Waals surface area (Å²) in [5.41, 5.74) is 1.31. The molecule has 0 aliphatic carbocycles. The molecular formula is C14H11BrN2O2. The van der Waals surface area contributed by atoms with Crippen LogP contribution in [-0.4, -0.2) is 16.6 Å². The van der Waals surface area contributed by atoms with Crippen molar-refractivity contribution in [2.45, 2.75) is 6.42 Å². The third-order valence-corrected chi connectivity index (χ3v) is 3.03. The van der Waals surface area contributed by atoms with Gasteiger partial charge >= 0.3 is 0 Å². The van der Waals surface area contributed by atoms with Crippen molar-refractivity contribution in [1.29, 1.82) is 0 Å². The van der Waals surface area contributed by atoms with Crippen molar-refractivity contribution in [1.82, 2.24) is 9.97 Å². The molecule has 0 radical (unpaired) electrons. The number of benzene rings is 1. The molecule has 5 heteroatoms. The highest BCUT2D eigenvalue weighted by Gasteiger charge is 2.07. The van der Waals surface area contributed by atoms with Crippen molar-refractivity contribution < 1.29 is 9.15 Å². The number of para-hydroxylation sites is 1. The van der Waals surface area contributed by atoms with Crippen LogP contribution in [0.15, 0.2) is 51.5 Å². The molecule has 0 aliphatic rings. The zero-order valence-corrected chi connectivity index (χ0v) is 11.6. The number of hydrogen-bond acceptors (Lipinski definition) is 4. The van der Waals surface area contributed by atoms with Crippen LogP contribution in [-0.2, 0) is 6.42 Å². The predicted octanol–water partition coefficient (Wildman–Crippen LogP) is 3.61. The summed E-state index contributed by atoms with van der Waals surface area (Å²) < 4.78 is 11.9. The first kappa shape index (κ1) is 12.2. The molecule has 1 aromatic carbocycles. The van der Waals surface area contributed by atoms with Gasteiger partial charge in [-0.05, 0) is 40.2 Å². The van der Waals surface area contributed by atoms with Gasteiger partial charge < -0.3 is 9.15 Å². The summed E-state index contributed by atoms with van der Waals surface area (Å²) in [4.78, 5) is 8.55. The van der Waals surface area contributed by atoms with Crippen molar-refractivity contribution in [3.8, 4) is 5.75 Å². The third kappa shape index (κ3) is 2.93. The SMILES string of the molecule is Brc1ccc2oc(CCOc3ccccc3)nc2n1. The lowest BCUT2D eigenvalue weighted by Crippen LogP contribution is -2.01. The molecule has 3 rings (SSSR count). The van der Waals surface area contributed by atoms with Gasteiger partial charge in [-0.2, -0.15) is 4.98 Å². The zero-order chi connectivity index (χ0) is 13.1. The first-order valence-electron chi connectivity index (χ1n) is 5.91. The molecule has 2 heterocycles. The van der Waals surface area contributed by atoms with Gasteiger partial charge in [0.05, 0.1) is 13.0 Å². The minimum atomic E-state index is 0.526. The Morgan fingerprint density at radius 1 is 1.05 bits per heavy atom. The fraction of sp³-hybridized carbons (Fsp3) is 0.143. The molecule has 2 aromatic heterocycles. The van der Waals surface area contributed by atoms with Crippen LogP contribution in [0.3, 0.4) is 0 Å². The summed E-state index contributed by atoms with van der Waals surface area (Å²) >= 11 is 3.31. The van der Waals surface area contributed by atoms with E-state index in [1.807, 2.05) is 42.5 Å². The molecule has 0 amide bonds. The second-order valence-corrected chi connectivity index (χ2v) is 4.79. The van der Waals surface area contributed by atoms with E-state index in [2.05, 4.69) is 25.9 Å². The number of hydrogen-bond donors (Lipinski definition) is 0. The first-order chi connectivity index (χ1) is 9.31. The Hall–Kier alpha value is -1.88. The quantitative estimate of drug-likeness (QED) is 0.689. The number of pyridine rings is 1. The number of rotatable bonds is 4. The van der Waals surface area contributed by atoms with Gasteiger partial charge in [0.25, 0.3) is 0 Å². The van der Waals surface area contributed by atoms with Crippen LogP contribution in [0, 0.1) is 0 Å². The minimum Gasteiger partial charge on any atom is -0.493 e. The second-order valence-electron chi connectivity index (χ2n) is 3.97. The molecule has 0 N–H and O–H groups in total. The Kier molecular flexibility index (Phi) is 3.46. The maximum atomic E-state index is 5.60. The summed E-state index contributed by atoms with van der Waals surface area (Å²) in [5.74, 6) is 1.48. The van der Waals surface area contributed by atoms with E-state index >= 15 is 0 Å². The molecule has 3 aromatic rings. The molecule has 96 valence electrons. The van der Waals surface area contributed by atoms with E-state index in [4.69, 9.17) is 9.15 Å². The molecule has 0 unspecified atom stereocenters. The molecular weight excluding hydrogens is 308 g/mol. The van der Waals surface area contributed by atoms with Gasteiger partial charge in [0.2, 0.25) is 0 Å². The molecule has 19 heavy (non-hydrogen) atoms. The number of halogens is 1. The third-order valence-electron chi connectivity index (χ3n) is 2.59. The highest BCUT2D eigenvalue weighted by Crippen LogP contribution is 2.17. The van der Waals surface area contributed by atoms with Crippen LogP contribution in [0.5, 0.6) is 5.75 Å². The molecule has 0 fully saturated rings. The summed E-state index contributed by atoms with van der Waals surface area (Å²) in [6.45, 7) is 0.526. The molecule has 0 saturated carbocycles. The van der Waals surface area contributed by atoms with E-state index < -0.39 is 0 Å². The standard InChI is InChI=1S/C14H11BrN2O2/c15-12-7-6-11-14(16-12)17-13(19-11)8-9-18-10-4-2-1-3-5-10/h1-7H,8-9H2. The van der Waals surface area contributed by atoms with Crippen molar-refractivity contribution in [3.63, 3.8) is 0 Å². The van der Waals surface area contributed by atoms with Crippen molar-refractivity contribution >= 4 is 27.2 Å². The Morgan fingerprint density at radius 3 is 2.74 bits per heavy atom. The van der Waals surface area contributed by atoms with Crippen molar-refractivity contribution in [2.24, 2.45) is 0 Å². The van der Waals surface area contributed by atoms with Crippen LogP contribution < -0.4 is 4.74 Å². The highest BCUT2D eigenvalue weighted by molar-refractivity contribution is 9.10. The monoisotopic (exact) mass is 318 g/mol. The summed E-state index contributed by atoms with van der Waals surface area (Å²) in [6.07, 6.45) is 0.614. The zero-order valence-electron chi connectivity index (χ0n) is 10.0. The Bertz CT molecular complexity index is 682. The van der Waals surface area contributed by atoms with Gasteiger partial charge in [-0.3, -0.25) is 0 Å². The number of fused-ring (bicyclic) bond motifs is 1. The largest absolute Gasteiger partial charge is 0.493 e. The second kappa shape index (κ2) is 5.40. The molecule has 0 bridgehead atoms. The van der Waals surface area contributed by atoms with Gasteiger partial charge in [0.1, 0.15) is 10.4 Å². The first-order valence-corrected chi connectivity index (χ1v) is 6.70. The average Bonchev–Trinajstić information content (AvgIpc) is 2.82. The van der Waals surface area contributed by atoms with Crippen molar-refractivity contribution in [2.75, 3.05) is 6.61 Å². The maximum absolute atomic E-state index is 5.60. The molecule has 4 nitrogen and oxygen atoms in total. The van der Waals surface area contributed by atoms with E-state index in [1.165, 1.54) is 0 Å². The lowest BCUT2D eigenvalue weighted by molar-refractivity contribution is 0.308.